The summed E-state index contributed by atoms with van der Waals surface area (Å²) in [5.41, 5.74) is 2.13. The molecule has 6 heteroatoms. The fourth-order valence-electron chi connectivity index (χ4n) is 2.38. The quantitative estimate of drug-likeness (QED) is 0.539. The Morgan fingerprint density at radius 1 is 1.04 bits per heavy atom. The molecule has 0 unspecified atom stereocenters. The lowest BCUT2D eigenvalue weighted by atomic mass is 10.1. The van der Waals surface area contributed by atoms with E-state index in [9.17, 15) is 9.59 Å². The second-order valence-electron chi connectivity index (χ2n) is 5.25. The van der Waals surface area contributed by atoms with Gasteiger partial charge >= 0.3 is 5.97 Å². The summed E-state index contributed by atoms with van der Waals surface area (Å²) < 4.78 is 5.07. The third kappa shape index (κ3) is 3.61. The van der Waals surface area contributed by atoms with Gasteiger partial charge in [-0.15, -0.1) is 0 Å². The highest BCUT2D eigenvalue weighted by Crippen LogP contribution is 2.23. The number of esters is 1. The molecule has 24 heavy (non-hydrogen) atoms. The molecule has 3 rings (SSSR count). The average molecular weight is 362 g/mol. The number of aromatic nitrogens is 1. The number of hydrogen-bond acceptors (Lipinski definition) is 3. The lowest BCUT2D eigenvalue weighted by Gasteiger charge is -2.05. The van der Waals surface area contributed by atoms with Crippen LogP contribution in [0, 0.1) is 0 Å². The van der Waals surface area contributed by atoms with Crippen LogP contribution in [-0.2, 0) is 16.0 Å². The highest BCUT2D eigenvalue weighted by atomic mass is 35.5. The highest BCUT2D eigenvalue weighted by Gasteiger charge is 2.13. The molecule has 0 spiro atoms. The minimum Gasteiger partial charge on any atom is -0.457 e. The Hall–Kier alpha value is -2.30. The van der Waals surface area contributed by atoms with Crippen LogP contribution in [0.15, 0.2) is 48.7 Å². The summed E-state index contributed by atoms with van der Waals surface area (Å²) in [5.74, 6) is -0.797. The normalized spacial score (nSPS) is 10.8. The average Bonchev–Trinajstić information content (AvgIpc) is 2.98. The molecule has 0 saturated heterocycles. The van der Waals surface area contributed by atoms with Crippen molar-refractivity contribution in [2.75, 3.05) is 6.61 Å². The molecule has 0 aliphatic carbocycles. The van der Waals surface area contributed by atoms with Crippen molar-refractivity contribution >= 4 is 45.9 Å². The highest BCUT2D eigenvalue weighted by molar-refractivity contribution is 6.42. The van der Waals surface area contributed by atoms with Crippen molar-refractivity contribution in [2.45, 2.75) is 6.42 Å². The van der Waals surface area contributed by atoms with Gasteiger partial charge in [-0.25, -0.2) is 0 Å². The SMILES string of the molecule is O=C(Cc1c[nH]c2ccccc12)OCC(=O)c1ccc(Cl)c(Cl)c1. The van der Waals surface area contributed by atoms with Gasteiger partial charge in [-0.3, -0.25) is 9.59 Å². The van der Waals surface area contributed by atoms with E-state index in [1.807, 2.05) is 24.3 Å². The van der Waals surface area contributed by atoms with Gasteiger partial charge in [-0.05, 0) is 29.8 Å². The summed E-state index contributed by atoms with van der Waals surface area (Å²) >= 11 is 11.7. The second-order valence-corrected chi connectivity index (χ2v) is 6.06. The number of halogens is 2. The summed E-state index contributed by atoms with van der Waals surface area (Å²) in [6.45, 7) is -0.334. The van der Waals surface area contributed by atoms with E-state index in [1.165, 1.54) is 12.1 Å². The van der Waals surface area contributed by atoms with Gasteiger partial charge in [-0.2, -0.15) is 0 Å². The van der Waals surface area contributed by atoms with Gasteiger partial charge in [0.25, 0.3) is 0 Å². The third-order valence-electron chi connectivity index (χ3n) is 3.62. The first kappa shape index (κ1) is 16.6. The number of para-hydroxylation sites is 1. The largest absolute Gasteiger partial charge is 0.457 e. The number of hydrogen-bond donors (Lipinski definition) is 1. The van der Waals surface area contributed by atoms with Crippen LogP contribution in [0.2, 0.25) is 10.0 Å². The molecule has 4 nitrogen and oxygen atoms in total. The molecule has 3 aromatic rings. The van der Waals surface area contributed by atoms with Gasteiger partial charge < -0.3 is 9.72 Å². The molecule has 1 aromatic heterocycles. The Labute approximate surface area is 148 Å². The molecule has 1 heterocycles. The van der Waals surface area contributed by atoms with Crippen LogP contribution >= 0.6 is 23.2 Å². The van der Waals surface area contributed by atoms with E-state index in [2.05, 4.69) is 4.98 Å². The second kappa shape index (κ2) is 7.07. The lowest BCUT2D eigenvalue weighted by molar-refractivity contribution is -0.141. The molecule has 0 saturated carbocycles. The number of aromatic amines is 1. The van der Waals surface area contributed by atoms with Crippen LogP contribution in [0.5, 0.6) is 0 Å². The predicted octanol–water partition coefficient (Wildman–Crippen LogP) is 4.44. The topological polar surface area (TPSA) is 59.2 Å². The van der Waals surface area contributed by atoms with E-state index >= 15 is 0 Å². The molecule has 0 atom stereocenters. The van der Waals surface area contributed by atoms with Crippen molar-refractivity contribution in [2.24, 2.45) is 0 Å². The Morgan fingerprint density at radius 2 is 1.83 bits per heavy atom. The van der Waals surface area contributed by atoms with Gasteiger partial charge in [0.1, 0.15) is 0 Å². The number of Topliss-reactive ketones (excluding diaryl/α,β-unsaturated/α-hetero) is 1. The van der Waals surface area contributed by atoms with Gasteiger partial charge in [0, 0.05) is 22.7 Å². The van der Waals surface area contributed by atoms with E-state index in [1.54, 1.807) is 12.3 Å². The van der Waals surface area contributed by atoms with E-state index < -0.39 is 5.97 Å². The van der Waals surface area contributed by atoms with Gasteiger partial charge in [0.15, 0.2) is 12.4 Å². The first-order chi connectivity index (χ1) is 11.5. The molecular formula is C18H13Cl2NO3. The lowest BCUT2D eigenvalue weighted by Crippen LogP contribution is -2.15. The summed E-state index contributed by atoms with van der Waals surface area (Å²) in [7, 11) is 0. The van der Waals surface area contributed by atoms with Crippen LogP contribution < -0.4 is 0 Å². The zero-order valence-electron chi connectivity index (χ0n) is 12.5. The number of rotatable bonds is 5. The maximum Gasteiger partial charge on any atom is 0.310 e. The number of carbonyl (C=O) groups is 2. The Kier molecular flexibility index (Phi) is 4.88. The number of carbonyl (C=O) groups excluding carboxylic acids is 2. The molecule has 0 bridgehead atoms. The van der Waals surface area contributed by atoms with E-state index in [4.69, 9.17) is 27.9 Å². The molecule has 0 amide bonds. The molecule has 0 aliphatic heterocycles. The summed E-state index contributed by atoms with van der Waals surface area (Å²) in [5, 5.41) is 1.61. The zero-order valence-corrected chi connectivity index (χ0v) is 14.0. The van der Waals surface area contributed by atoms with Crippen molar-refractivity contribution in [3.8, 4) is 0 Å². The molecule has 0 aliphatic rings. The Balaban J connectivity index is 1.61. The van der Waals surface area contributed by atoms with Crippen LogP contribution in [0.3, 0.4) is 0 Å². The van der Waals surface area contributed by atoms with Gasteiger partial charge in [-0.1, -0.05) is 41.4 Å². The number of fused-ring (bicyclic) bond motifs is 1. The minimum absolute atomic E-state index is 0.0959. The Bertz CT molecular complexity index is 918. The Morgan fingerprint density at radius 3 is 2.62 bits per heavy atom. The van der Waals surface area contributed by atoms with Crippen molar-refractivity contribution in [1.82, 2.24) is 4.98 Å². The monoisotopic (exact) mass is 361 g/mol. The standard InChI is InChI=1S/C18H13Cl2NO3/c19-14-6-5-11(7-15(14)20)17(22)10-24-18(23)8-12-9-21-16-4-2-1-3-13(12)16/h1-7,9,21H,8,10H2. The predicted molar refractivity (Wildman–Crippen MR) is 93.8 cm³/mol. The van der Waals surface area contributed by atoms with Crippen LogP contribution in [-0.4, -0.2) is 23.3 Å². The number of ether oxygens (including phenoxy) is 1. The molecule has 1 N–H and O–H groups in total. The number of H-pyrrole nitrogens is 1. The number of nitrogens with one attached hydrogen (secondary N) is 1. The van der Waals surface area contributed by atoms with Crippen LogP contribution in [0.1, 0.15) is 15.9 Å². The van der Waals surface area contributed by atoms with Gasteiger partial charge in [0.05, 0.1) is 16.5 Å². The van der Waals surface area contributed by atoms with E-state index in [-0.39, 0.29) is 23.8 Å². The first-order valence-corrected chi connectivity index (χ1v) is 7.99. The van der Waals surface area contributed by atoms with Crippen molar-refractivity contribution in [3.05, 3.63) is 69.8 Å². The molecule has 122 valence electrons. The molecule has 0 radical (unpaired) electrons. The minimum atomic E-state index is -0.465. The smallest absolute Gasteiger partial charge is 0.310 e. The van der Waals surface area contributed by atoms with Crippen molar-refractivity contribution in [3.63, 3.8) is 0 Å². The van der Waals surface area contributed by atoms with Gasteiger partial charge in [0.2, 0.25) is 0 Å². The summed E-state index contributed by atoms with van der Waals surface area (Å²) in [4.78, 5) is 27.1. The number of benzene rings is 2. The first-order valence-electron chi connectivity index (χ1n) is 7.23. The zero-order chi connectivity index (χ0) is 17.1. The molecule has 2 aromatic carbocycles. The maximum atomic E-state index is 12.0. The fraction of sp³-hybridized carbons (Fsp3) is 0.111. The van der Waals surface area contributed by atoms with E-state index in [0.717, 1.165) is 16.5 Å². The molecule has 0 fully saturated rings. The van der Waals surface area contributed by atoms with Crippen molar-refractivity contribution in [1.29, 1.82) is 0 Å². The van der Waals surface area contributed by atoms with E-state index in [0.29, 0.717) is 10.6 Å². The third-order valence-corrected chi connectivity index (χ3v) is 4.35. The van der Waals surface area contributed by atoms with Crippen LogP contribution in [0.25, 0.3) is 10.9 Å². The summed E-state index contributed by atoms with van der Waals surface area (Å²) in [6.07, 6.45) is 1.87. The molecular weight excluding hydrogens is 349 g/mol. The van der Waals surface area contributed by atoms with Crippen LogP contribution in [0.4, 0.5) is 0 Å². The van der Waals surface area contributed by atoms with Crippen molar-refractivity contribution < 1.29 is 14.3 Å². The fourth-order valence-corrected chi connectivity index (χ4v) is 2.68. The maximum absolute atomic E-state index is 12.0. The summed E-state index contributed by atoms with van der Waals surface area (Å²) in [6, 6.07) is 12.2. The number of ketones is 1.